The number of hydrogen-bond acceptors (Lipinski definition) is 7. The maximum atomic E-state index is 12.9. The molecule has 2 heterocycles. The van der Waals surface area contributed by atoms with Gasteiger partial charge in [0.25, 0.3) is 11.8 Å². The molecule has 0 bridgehead atoms. The van der Waals surface area contributed by atoms with Crippen molar-refractivity contribution in [1.82, 2.24) is 20.4 Å². The van der Waals surface area contributed by atoms with Crippen molar-refractivity contribution in [3.63, 3.8) is 0 Å². The molecule has 4 rings (SSSR count). The van der Waals surface area contributed by atoms with Gasteiger partial charge in [-0.15, -0.1) is 0 Å². The highest BCUT2D eigenvalue weighted by Crippen LogP contribution is 2.38. The third-order valence-corrected chi connectivity index (χ3v) is 5.65. The van der Waals surface area contributed by atoms with Crippen LogP contribution in [-0.4, -0.2) is 45.0 Å². The highest BCUT2D eigenvalue weighted by Gasteiger charge is 2.55. The van der Waals surface area contributed by atoms with Gasteiger partial charge in [0.2, 0.25) is 5.82 Å². The van der Waals surface area contributed by atoms with Crippen molar-refractivity contribution in [2.24, 2.45) is 5.92 Å². The number of imide groups is 1. The lowest BCUT2D eigenvalue weighted by Crippen LogP contribution is -2.54. The summed E-state index contributed by atoms with van der Waals surface area (Å²) < 4.78 is 10.2. The summed E-state index contributed by atoms with van der Waals surface area (Å²) >= 11 is 0. The zero-order valence-corrected chi connectivity index (χ0v) is 16.1. The summed E-state index contributed by atoms with van der Waals surface area (Å²) in [5.74, 6) is -0.515. The fourth-order valence-corrected chi connectivity index (χ4v) is 3.97. The van der Waals surface area contributed by atoms with E-state index in [1.54, 1.807) is 0 Å². The van der Waals surface area contributed by atoms with Crippen molar-refractivity contribution < 1.29 is 23.6 Å². The zero-order valence-electron chi connectivity index (χ0n) is 16.1. The lowest BCUT2D eigenvalue weighted by molar-refractivity contribution is -0.150. The molecule has 152 valence electrons. The maximum absolute atomic E-state index is 12.9. The number of nitrogens with zero attached hydrogens (tertiary/aromatic N) is 3. The average molecular weight is 398 g/mol. The number of amides is 3. The molecule has 9 heteroatoms. The van der Waals surface area contributed by atoms with E-state index >= 15 is 0 Å². The third kappa shape index (κ3) is 3.59. The van der Waals surface area contributed by atoms with Crippen LogP contribution in [0.2, 0.25) is 0 Å². The molecule has 3 amide bonds. The molecule has 2 atom stereocenters. The van der Waals surface area contributed by atoms with Gasteiger partial charge >= 0.3 is 12.0 Å². The summed E-state index contributed by atoms with van der Waals surface area (Å²) in [7, 11) is 0. The Morgan fingerprint density at radius 2 is 2.10 bits per heavy atom. The first-order valence-electron chi connectivity index (χ1n) is 9.67. The molecule has 2 aliphatic rings. The number of hydrogen-bond donors (Lipinski definition) is 1. The molecule has 1 aromatic heterocycles. The van der Waals surface area contributed by atoms with Gasteiger partial charge in [0, 0.05) is 5.56 Å². The van der Waals surface area contributed by atoms with Crippen LogP contribution in [0.5, 0.6) is 0 Å². The van der Waals surface area contributed by atoms with Crippen LogP contribution in [0, 0.1) is 5.92 Å². The van der Waals surface area contributed by atoms with E-state index in [1.807, 2.05) is 37.3 Å². The first kappa shape index (κ1) is 19.1. The molecule has 1 spiro atoms. The minimum Gasteiger partial charge on any atom is -0.454 e. The van der Waals surface area contributed by atoms with Crippen LogP contribution in [0.15, 0.2) is 34.9 Å². The van der Waals surface area contributed by atoms with E-state index in [0.29, 0.717) is 12.2 Å². The number of rotatable bonds is 5. The van der Waals surface area contributed by atoms with Crippen molar-refractivity contribution in [3.05, 3.63) is 36.2 Å². The molecular weight excluding hydrogens is 376 g/mol. The molecule has 0 unspecified atom stereocenters. The summed E-state index contributed by atoms with van der Waals surface area (Å²) in [5.41, 5.74) is -0.118. The monoisotopic (exact) mass is 398 g/mol. The summed E-state index contributed by atoms with van der Waals surface area (Å²) in [6.45, 7) is 1.28. The molecule has 1 aliphatic carbocycles. The Balaban J connectivity index is 1.35. The van der Waals surface area contributed by atoms with Gasteiger partial charge in [-0.05, 0) is 18.8 Å². The average Bonchev–Trinajstić information content (AvgIpc) is 3.29. The largest absolute Gasteiger partial charge is 0.454 e. The quantitative estimate of drug-likeness (QED) is 0.607. The van der Waals surface area contributed by atoms with Crippen LogP contribution >= 0.6 is 0 Å². The van der Waals surface area contributed by atoms with Gasteiger partial charge in [-0.3, -0.25) is 14.5 Å². The summed E-state index contributed by atoms with van der Waals surface area (Å²) in [4.78, 5) is 42.5. The number of urea groups is 1. The lowest BCUT2D eigenvalue weighted by Gasteiger charge is -2.36. The maximum Gasteiger partial charge on any atom is 0.326 e. The van der Waals surface area contributed by atoms with Crippen molar-refractivity contribution in [2.75, 3.05) is 6.54 Å². The molecule has 0 radical (unpaired) electrons. The van der Waals surface area contributed by atoms with E-state index in [0.717, 1.165) is 29.7 Å². The van der Waals surface area contributed by atoms with E-state index in [1.165, 1.54) is 0 Å². The molecule has 29 heavy (non-hydrogen) atoms. The number of carbonyl (C=O) groups excluding carboxylic acids is 3. The minimum atomic E-state index is -0.896. The van der Waals surface area contributed by atoms with Crippen LogP contribution in [0.25, 0.3) is 11.4 Å². The molecule has 1 N–H and O–H groups in total. The molecule has 1 aliphatic heterocycles. The highest BCUT2D eigenvalue weighted by molar-refractivity contribution is 6.08. The van der Waals surface area contributed by atoms with Gasteiger partial charge < -0.3 is 14.6 Å². The molecule has 9 nitrogen and oxygen atoms in total. The van der Waals surface area contributed by atoms with E-state index in [4.69, 9.17) is 9.26 Å². The topological polar surface area (TPSA) is 115 Å². The fourth-order valence-electron chi connectivity index (χ4n) is 3.97. The smallest absolute Gasteiger partial charge is 0.326 e. The number of ether oxygens (including phenoxy) is 1. The third-order valence-electron chi connectivity index (χ3n) is 5.65. The number of aromatic nitrogens is 2. The Hall–Kier alpha value is -3.23. The van der Waals surface area contributed by atoms with Crippen molar-refractivity contribution in [1.29, 1.82) is 0 Å². The van der Waals surface area contributed by atoms with E-state index in [9.17, 15) is 14.4 Å². The van der Waals surface area contributed by atoms with Gasteiger partial charge in [0.1, 0.15) is 12.1 Å². The van der Waals surface area contributed by atoms with Crippen LogP contribution in [0.3, 0.4) is 0 Å². The van der Waals surface area contributed by atoms with Gasteiger partial charge in [0.15, 0.2) is 6.61 Å². The zero-order chi connectivity index (χ0) is 20.4. The van der Waals surface area contributed by atoms with Gasteiger partial charge in [-0.2, -0.15) is 4.98 Å². The molecular formula is C20H22N4O5. The van der Waals surface area contributed by atoms with Crippen LogP contribution in [0.1, 0.15) is 38.5 Å². The summed E-state index contributed by atoms with van der Waals surface area (Å²) in [6, 6.07) is 8.69. The summed E-state index contributed by atoms with van der Waals surface area (Å²) in [6.07, 6.45) is 3.36. The molecule has 2 aromatic rings. The normalized spacial score (nSPS) is 24.0. The van der Waals surface area contributed by atoms with Crippen molar-refractivity contribution in [3.8, 4) is 11.4 Å². The molecule has 1 aromatic carbocycles. The second-order valence-corrected chi connectivity index (χ2v) is 7.48. The Kier molecular flexibility index (Phi) is 5.04. The van der Waals surface area contributed by atoms with Gasteiger partial charge in [-0.1, -0.05) is 55.3 Å². The number of benzene rings is 1. The first-order valence-corrected chi connectivity index (χ1v) is 9.67. The van der Waals surface area contributed by atoms with Crippen LogP contribution in [-0.2, 0) is 20.9 Å². The van der Waals surface area contributed by atoms with E-state index in [-0.39, 0.29) is 24.3 Å². The van der Waals surface area contributed by atoms with E-state index in [2.05, 4.69) is 15.5 Å². The van der Waals surface area contributed by atoms with Gasteiger partial charge in [0.05, 0.1) is 0 Å². The Morgan fingerprint density at radius 1 is 1.31 bits per heavy atom. The molecule has 1 saturated heterocycles. The molecule has 1 saturated carbocycles. The number of carbonyl (C=O) groups is 3. The predicted octanol–water partition coefficient (Wildman–Crippen LogP) is 2.28. The fraction of sp³-hybridized carbons (Fsp3) is 0.450. The molecule has 2 fully saturated rings. The number of nitrogens with one attached hydrogen (secondary N) is 1. The standard InChI is InChI=1S/C20H22N4O5/c1-13-7-5-6-10-20(13)18(26)24(19(27)22-20)11-16(25)28-12-15-21-17(23-29-15)14-8-3-2-4-9-14/h2-4,8-9,13H,5-7,10-12H2,1H3,(H,22,27)/t13-,20+/m0/s1. The van der Waals surface area contributed by atoms with Gasteiger partial charge in [-0.25, -0.2) is 4.79 Å². The second kappa shape index (κ2) is 7.65. The minimum absolute atomic E-state index is 0.0310. The lowest BCUT2D eigenvalue weighted by atomic mass is 9.73. The Labute approximate surface area is 167 Å². The predicted molar refractivity (Wildman–Crippen MR) is 100 cm³/mol. The van der Waals surface area contributed by atoms with Crippen LogP contribution < -0.4 is 5.32 Å². The highest BCUT2D eigenvalue weighted by atomic mass is 16.6. The first-order chi connectivity index (χ1) is 14.0. The van der Waals surface area contributed by atoms with Crippen molar-refractivity contribution in [2.45, 2.75) is 44.8 Å². The Bertz CT molecular complexity index is 928. The SMILES string of the molecule is C[C@H]1CCCC[C@@]12NC(=O)N(CC(=O)OCc1nc(-c3ccccc3)no1)C2=O. The number of esters is 1. The van der Waals surface area contributed by atoms with E-state index < -0.39 is 24.1 Å². The van der Waals surface area contributed by atoms with Crippen molar-refractivity contribution >= 4 is 17.9 Å². The summed E-state index contributed by atoms with van der Waals surface area (Å²) in [5, 5.41) is 6.66. The van der Waals surface area contributed by atoms with Crippen LogP contribution in [0.4, 0.5) is 4.79 Å². The Morgan fingerprint density at radius 3 is 2.86 bits per heavy atom. The second-order valence-electron chi connectivity index (χ2n) is 7.48.